The topological polar surface area (TPSA) is 59.3 Å². The predicted molar refractivity (Wildman–Crippen MR) is 72.2 cm³/mol. The molecule has 0 atom stereocenters. The number of ketones is 1. The fourth-order valence-corrected chi connectivity index (χ4v) is 2.00. The number of carbonyl (C=O) groups excluding carboxylic acids is 1. The molecule has 0 fully saturated rings. The first-order valence-corrected chi connectivity index (χ1v) is 5.94. The summed E-state index contributed by atoms with van der Waals surface area (Å²) in [5, 5.41) is 9.25. The van der Waals surface area contributed by atoms with Gasteiger partial charge in [-0.2, -0.15) is 0 Å². The van der Waals surface area contributed by atoms with Crippen molar-refractivity contribution in [3.8, 4) is 5.69 Å². The van der Waals surface area contributed by atoms with Crippen molar-refractivity contribution in [1.29, 1.82) is 0 Å². The van der Waals surface area contributed by atoms with E-state index < -0.39 is 5.97 Å². The van der Waals surface area contributed by atoms with E-state index in [2.05, 4.69) is 0 Å². The van der Waals surface area contributed by atoms with E-state index in [0.29, 0.717) is 5.56 Å². The molecule has 19 heavy (non-hydrogen) atoms. The Labute approximate surface area is 111 Å². The lowest BCUT2D eigenvalue weighted by molar-refractivity contribution is 0.0688. The second-order valence-corrected chi connectivity index (χ2v) is 4.64. The van der Waals surface area contributed by atoms with Gasteiger partial charge in [0, 0.05) is 17.4 Å². The van der Waals surface area contributed by atoms with Crippen LogP contribution in [-0.4, -0.2) is 21.4 Å². The van der Waals surface area contributed by atoms with Gasteiger partial charge in [0.05, 0.1) is 0 Å². The number of carboxylic acid groups (broad SMARTS) is 1. The fraction of sp³-hybridized carbons (Fsp3) is 0.200. The van der Waals surface area contributed by atoms with Gasteiger partial charge in [-0.05, 0) is 44.0 Å². The number of carbonyl (C=O) groups is 2. The largest absolute Gasteiger partial charge is 0.477 e. The first-order valence-electron chi connectivity index (χ1n) is 5.94. The standard InChI is InChI=1S/C15H15NO3/c1-9-4-5-10(2)13(6-9)16-8-12(11(3)17)7-14(16)15(18)19/h4-8H,1-3H3,(H,18,19). The second kappa shape index (κ2) is 4.72. The predicted octanol–water partition coefficient (Wildman–Crippen LogP) is 2.99. The molecule has 98 valence electrons. The van der Waals surface area contributed by atoms with Crippen LogP contribution in [0.4, 0.5) is 0 Å². The maximum Gasteiger partial charge on any atom is 0.352 e. The Balaban J connectivity index is 2.70. The van der Waals surface area contributed by atoms with Gasteiger partial charge in [0.15, 0.2) is 5.78 Å². The minimum atomic E-state index is -1.05. The van der Waals surface area contributed by atoms with E-state index in [9.17, 15) is 14.7 Å². The summed E-state index contributed by atoms with van der Waals surface area (Å²) in [6.45, 7) is 5.28. The summed E-state index contributed by atoms with van der Waals surface area (Å²) in [5.74, 6) is -1.19. The lowest BCUT2D eigenvalue weighted by Gasteiger charge is -2.10. The summed E-state index contributed by atoms with van der Waals surface area (Å²) in [4.78, 5) is 22.7. The van der Waals surface area contributed by atoms with Gasteiger partial charge in [-0.25, -0.2) is 4.79 Å². The second-order valence-electron chi connectivity index (χ2n) is 4.64. The smallest absolute Gasteiger partial charge is 0.352 e. The summed E-state index contributed by atoms with van der Waals surface area (Å²) in [6, 6.07) is 7.22. The van der Waals surface area contributed by atoms with E-state index in [1.54, 1.807) is 10.8 Å². The third-order valence-corrected chi connectivity index (χ3v) is 3.07. The monoisotopic (exact) mass is 257 g/mol. The molecule has 1 heterocycles. The van der Waals surface area contributed by atoms with Crippen molar-refractivity contribution in [3.05, 3.63) is 52.8 Å². The quantitative estimate of drug-likeness (QED) is 0.860. The number of Topliss-reactive ketones (excluding diaryl/α,β-unsaturated/α-hetero) is 1. The van der Waals surface area contributed by atoms with E-state index in [1.807, 2.05) is 32.0 Å². The van der Waals surface area contributed by atoms with Crippen molar-refractivity contribution in [2.45, 2.75) is 20.8 Å². The van der Waals surface area contributed by atoms with Gasteiger partial charge in [-0.15, -0.1) is 0 Å². The zero-order valence-electron chi connectivity index (χ0n) is 11.1. The molecule has 2 aromatic rings. The van der Waals surface area contributed by atoms with E-state index >= 15 is 0 Å². The van der Waals surface area contributed by atoms with Gasteiger partial charge < -0.3 is 9.67 Å². The van der Waals surface area contributed by atoms with Crippen LogP contribution in [0, 0.1) is 13.8 Å². The Morgan fingerprint density at radius 2 is 1.84 bits per heavy atom. The molecule has 0 saturated heterocycles. The minimum Gasteiger partial charge on any atom is -0.477 e. The zero-order chi connectivity index (χ0) is 14.2. The lowest BCUT2D eigenvalue weighted by Crippen LogP contribution is -2.07. The Hall–Kier alpha value is -2.36. The van der Waals surface area contributed by atoms with Crippen LogP contribution in [-0.2, 0) is 0 Å². The zero-order valence-corrected chi connectivity index (χ0v) is 11.1. The van der Waals surface area contributed by atoms with Gasteiger partial charge in [0.1, 0.15) is 5.69 Å². The maximum absolute atomic E-state index is 11.4. The number of carboxylic acids is 1. The number of rotatable bonds is 3. The summed E-state index contributed by atoms with van der Waals surface area (Å²) >= 11 is 0. The van der Waals surface area contributed by atoms with Crippen LogP contribution in [0.15, 0.2) is 30.5 Å². The highest BCUT2D eigenvalue weighted by molar-refractivity contribution is 5.97. The third-order valence-electron chi connectivity index (χ3n) is 3.07. The first-order chi connectivity index (χ1) is 8.90. The van der Waals surface area contributed by atoms with Crippen LogP contribution < -0.4 is 0 Å². The highest BCUT2D eigenvalue weighted by Crippen LogP contribution is 2.21. The first kappa shape index (κ1) is 13.1. The van der Waals surface area contributed by atoms with Crippen LogP contribution >= 0.6 is 0 Å². The molecule has 1 N–H and O–H groups in total. The fourth-order valence-electron chi connectivity index (χ4n) is 2.00. The average Bonchev–Trinajstić information content (AvgIpc) is 2.77. The van der Waals surface area contributed by atoms with Crippen molar-refractivity contribution >= 4 is 11.8 Å². The van der Waals surface area contributed by atoms with Crippen LogP contribution in [0.2, 0.25) is 0 Å². The number of aryl methyl sites for hydroxylation is 2. The molecule has 1 aromatic carbocycles. The number of nitrogens with zero attached hydrogens (tertiary/aromatic N) is 1. The summed E-state index contributed by atoms with van der Waals surface area (Å²) < 4.78 is 1.56. The number of hydrogen-bond donors (Lipinski definition) is 1. The van der Waals surface area contributed by atoms with Gasteiger partial charge in [-0.3, -0.25) is 4.79 Å². The van der Waals surface area contributed by atoms with Gasteiger partial charge in [0.25, 0.3) is 0 Å². The summed E-state index contributed by atoms with van der Waals surface area (Å²) in [6.07, 6.45) is 1.58. The molecule has 1 aromatic heterocycles. The van der Waals surface area contributed by atoms with E-state index in [1.165, 1.54) is 13.0 Å². The van der Waals surface area contributed by atoms with E-state index in [-0.39, 0.29) is 11.5 Å². The Morgan fingerprint density at radius 1 is 1.16 bits per heavy atom. The Morgan fingerprint density at radius 3 is 2.42 bits per heavy atom. The Bertz CT molecular complexity index is 668. The maximum atomic E-state index is 11.4. The molecule has 0 aliphatic heterocycles. The van der Waals surface area contributed by atoms with Crippen LogP contribution in [0.5, 0.6) is 0 Å². The van der Waals surface area contributed by atoms with E-state index in [0.717, 1.165) is 16.8 Å². The molecule has 0 spiro atoms. The summed E-state index contributed by atoms with van der Waals surface area (Å²) in [5.41, 5.74) is 3.27. The highest BCUT2D eigenvalue weighted by atomic mass is 16.4. The van der Waals surface area contributed by atoms with Crippen molar-refractivity contribution in [2.75, 3.05) is 0 Å². The molecule has 4 nitrogen and oxygen atoms in total. The number of aromatic nitrogens is 1. The highest BCUT2D eigenvalue weighted by Gasteiger charge is 2.16. The molecule has 0 unspecified atom stereocenters. The van der Waals surface area contributed by atoms with Gasteiger partial charge in [-0.1, -0.05) is 12.1 Å². The van der Waals surface area contributed by atoms with Gasteiger partial charge in [0.2, 0.25) is 0 Å². The molecule has 0 radical (unpaired) electrons. The molecule has 0 amide bonds. The summed E-state index contributed by atoms with van der Waals surface area (Å²) in [7, 11) is 0. The SMILES string of the molecule is CC(=O)c1cc(C(=O)O)n(-c2cc(C)ccc2C)c1. The molecule has 0 bridgehead atoms. The molecule has 0 aliphatic carbocycles. The van der Waals surface area contributed by atoms with Crippen molar-refractivity contribution in [2.24, 2.45) is 0 Å². The molecular formula is C15H15NO3. The normalized spacial score (nSPS) is 10.5. The van der Waals surface area contributed by atoms with Crippen molar-refractivity contribution in [1.82, 2.24) is 4.57 Å². The minimum absolute atomic E-state index is 0.0962. The molecule has 4 heteroatoms. The Kier molecular flexibility index (Phi) is 3.25. The lowest BCUT2D eigenvalue weighted by atomic mass is 10.1. The number of benzene rings is 1. The van der Waals surface area contributed by atoms with Crippen LogP contribution in [0.3, 0.4) is 0 Å². The van der Waals surface area contributed by atoms with Crippen LogP contribution in [0.1, 0.15) is 38.9 Å². The van der Waals surface area contributed by atoms with Crippen molar-refractivity contribution in [3.63, 3.8) is 0 Å². The third kappa shape index (κ3) is 2.42. The average molecular weight is 257 g/mol. The molecular weight excluding hydrogens is 242 g/mol. The van der Waals surface area contributed by atoms with Crippen LogP contribution in [0.25, 0.3) is 5.69 Å². The number of aromatic carboxylic acids is 1. The molecule has 0 aliphatic rings. The molecule has 0 saturated carbocycles. The van der Waals surface area contributed by atoms with Crippen molar-refractivity contribution < 1.29 is 14.7 Å². The molecule has 2 rings (SSSR count). The van der Waals surface area contributed by atoms with Gasteiger partial charge >= 0.3 is 5.97 Å². The number of hydrogen-bond acceptors (Lipinski definition) is 2. The van der Waals surface area contributed by atoms with E-state index in [4.69, 9.17) is 0 Å².